The number of rotatable bonds is 4. The van der Waals surface area contributed by atoms with Gasteiger partial charge in [0.2, 0.25) is 0 Å². The van der Waals surface area contributed by atoms with Gasteiger partial charge < -0.3 is 20.9 Å². The zero-order chi connectivity index (χ0) is 9.90. The average molecular weight is 188 g/mol. The van der Waals surface area contributed by atoms with E-state index in [-0.39, 0.29) is 17.5 Å². The van der Waals surface area contributed by atoms with E-state index in [1.54, 1.807) is 14.2 Å². The fourth-order valence-corrected chi connectivity index (χ4v) is 2.28. The van der Waals surface area contributed by atoms with Gasteiger partial charge in [0.25, 0.3) is 0 Å². The highest BCUT2D eigenvalue weighted by Gasteiger charge is 2.42. The molecule has 0 spiro atoms. The largest absolute Gasteiger partial charge is 0.384 e. The lowest BCUT2D eigenvalue weighted by Crippen LogP contribution is -2.35. The lowest BCUT2D eigenvalue weighted by atomic mass is 9.88. The van der Waals surface area contributed by atoms with Crippen molar-refractivity contribution < 1.29 is 9.47 Å². The van der Waals surface area contributed by atoms with Crippen LogP contribution in [-0.4, -0.2) is 39.5 Å². The van der Waals surface area contributed by atoms with Gasteiger partial charge in [-0.2, -0.15) is 0 Å². The van der Waals surface area contributed by atoms with Crippen LogP contribution in [0.1, 0.15) is 12.8 Å². The lowest BCUT2D eigenvalue weighted by Gasteiger charge is -2.27. The molecule has 0 aromatic heterocycles. The maximum Gasteiger partial charge on any atom is 0.0541 e. The van der Waals surface area contributed by atoms with Crippen LogP contribution in [0.5, 0.6) is 0 Å². The molecule has 2 atom stereocenters. The molecular formula is C9H20N2O2. The second-order valence-electron chi connectivity index (χ2n) is 4.10. The summed E-state index contributed by atoms with van der Waals surface area (Å²) in [5, 5.41) is 0. The van der Waals surface area contributed by atoms with E-state index in [9.17, 15) is 0 Å². The quantitative estimate of drug-likeness (QED) is 0.636. The van der Waals surface area contributed by atoms with Crippen molar-refractivity contribution in [3.63, 3.8) is 0 Å². The molecule has 1 aliphatic rings. The summed E-state index contributed by atoms with van der Waals surface area (Å²) in [4.78, 5) is 0. The summed E-state index contributed by atoms with van der Waals surface area (Å²) in [6.07, 6.45) is 1.80. The molecule has 4 N–H and O–H groups in total. The Balaban J connectivity index is 2.58. The third-order valence-corrected chi connectivity index (χ3v) is 2.79. The first-order valence-electron chi connectivity index (χ1n) is 4.62. The fourth-order valence-electron chi connectivity index (χ4n) is 2.28. The molecule has 4 heteroatoms. The van der Waals surface area contributed by atoms with Gasteiger partial charge in [0.1, 0.15) is 0 Å². The zero-order valence-electron chi connectivity index (χ0n) is 8.45. The number of hydrogen-bond donors (Lipinski definition) is 2. The van der Waals surface area contributed by atoms with Gasteiger partial charge in [-0.25, -0.2) is 0 Å². The third kappa shape index (κ3) is 2.40. The maximum atomic E-state index is 5.88. The minimum absolute atomic E-state index is 0.0440. The van der Waals surface area contributed by atoms with Crippen molar-refractivity contribution in [2.45, 2.75) is 24.9 Å². The Morgan fingerprint density at radius 1 is 1.08 bits per heavy atom. The van der Waals surface area contributed by atoms with Crippen molar-refractivity contribution in [2.24, 2.45) is 16.9 Å². The van der Waals surface area contributed by atoms with Crippen molar-refractivity contribution in [2.75, 3.05) is 27.4 Å². The summed E-state index contributed by atoms with van der Waals surface area (Å²) in [5.41, 5.74) is 11.8. The van der Waals surface area contributed by atoms with Crippen LogP contribution >= 0.6 is 0 Å². The molecule has 1 saturated carbocycles. The monoisotopic (exact) mass is 188 g/mol. The molecule has 1 rings (SSSR count). The van der Waals surface area contributed by atoms with Crippen molar-refractivity contribution in [3.05, 3.63) is 0 Å². The molecular weight excluding hydrogens is 168 g/mol. The highest BCUT2D eigenvalue weighted by atomic mass is 16.5. The lowest BCUT2D eigenvalue weighted by molar-refractivity contribution is 0.0131. The molecule has 1 aliphatic carbocycles. The number of nitrogens with two attached hydrogens (primary N) is 2. The molecule has 1 fully saturated rings. The molecule has 0 bridgehead atoms. The standard InChI is InChI=1S/C9H20N2O2/c1-12-5-9(6-13-2)3-7(10)8(11)4-9/h7-8H,3-6,10-11H2,1-2H3. The van der Waals surface area contributed by atoms with Gasteiger partial charge in [0.05, 0.1) is 13.2 Å². The van der Waals surface area contributed by atoms with Gasteiger partial charge in [0, 0.05) is 31.7 Å². The SMILES string of the molecule is COCC1(COC)CC(N)C(N)C1. The maximum absolute atomic E-state index is 5.88. The Hall–Kier alpha value is -0.160. The van der Waals surface area contributed by atoms with E-state index < -0.39 is 0 Å². The van der Waals surface area contributed by atoms with Crippen LogP contribution in [0.25, 0.3) is 0 Å². The van der Waals surface area contributed by atoms with Crippen LogP contribution in [0.4, 0.5) is 0 Å². The van der Waals surface area contributed by atoms with Gasteiger partial charge in [-0.3, -0.25) is 0 Å². The topological polar surface area (TPSA) is 70.5 Å². The summed E-state index contributed by atoms with van der Waals surface area (Å²) in [6.45, 7) is 1.37. The van der Waals surface area contributed by atoms with Crippen LogP contribution in [0.2, 0.25) is 0 Å². The first-order valence-corrected chi connectivity index (χ1v) is 4.62. The summed E-state index contributed by atoms with van der Waals surface area (Å²) >= 11 is 0. The van der Waals surface area contributed by atoms with E-state index in [4.69, 9.17) is 20.9 Å². The van der Waals surface area contributed by atoms with E-state index in [1.807, 2.05) is 0 Å². The van der Waals surface area contributed by atoms with Crippen molar-refractivity contribution in [1.29, 1.82) is 0 Å². The molecule has 13 heavy (non-hydrogen) atoms. The zero-order valence-corrected chi connectivity index (χ0v) is 8.45. The Labute approximate surface area is 79.6 Å². The van der Waals surface area contributed by atoms with Gasteiger partial charge in [-0.15, -0.1) is 0 Å². The molecule has 2 unspecified atom stereocenters. The average Bonchev–Trinajstić information content (AvgIpc) is 2.29. The molecule has 4 nitrogen and oxygen atoms in total. The third-order valence-electron chi connectivity index (χ3n) is 2.79. The number of methoxy groups -OCH3 is 2. The minimum Gasteiger partial charge on any atom is -0.384 e. The van der Waals surface area contributed by atoms with E-state index >= 15 is 0 Å². The summed E-state index contributed by atoms with van der Waals surface area (Å²) in [5.74, 6) is 0. The van der Waals surface area contributed by atoms with Crippen molar-refractivity contribution in [3.8, 4) is 0 Å². The summed E-state index contributed by atoms with van der Waals surface area (Å²) < 4.78 is 10.4. The fraction of sp³-hybridized carbons (Fsp3) is 1.00. The molecule has 0 aromatic carbocycles. The summed E-state index contributed by atoms with van der Waals surface area (Å²) in [6, 6.07) is 0.176. The Bertz CT molecular complexity index is 146. The van der Waals surface area contributed by atoms with E-state index in [2.05, 4.69) is 0 Å². The molecule has 78 valence electrons. The minimum atomic E-state index is 0.0440. The van der Waals surface area contributed by atoms with E-state index in [0.717, 1.165) is 12.8 Å². The van der Waals surface area contributed by atoms with Gasteiger partial charge in [-0.05, 0) is 12.8 Å². The number of ether oxygens (including phenoxy) is 2. The van der Waals surface area contributed by atoms with Crippen LogP contribution in [0.15, 0.2) is 0 Å². The predicted octanol–water partition coefficient (Wildman–Crippen LogP) is -0.286. The molecule has 0 amide bonds. The van der Waals surface area contributed by atoms with Crippen LogP contribution in [0.3, 0.4) is 0 Å². The first kappa shape index (κ1) is 10.9. The second-order valence-corrected chi connectivity index (χ2v) is 4.10. The summed E-state index contributed by atoms with van der Waals surface area (Å²) in [7, 11) is 3.40. The Kier molecular flexibility index (Phi) is 3.67. The second kappa shape index (κ2) is 4.37. The normalized spacial score (nSPS) is 32.3. The van der Waals surface area contributed by atoms with Gasteiger partial charge in [0.15, 0.2) is 0 Å². The van der Waals surface area contributed by atoms with Crippen LogP contribution in [0, 0.1) is 5.41 Å². The highest BCUT2D eigenvalue weighted by Crippen LogP contribution is 2.37. The predicted molar refractivity (Wildman–Crippen MR) is 51.4 cm³/mol. The molecule has 0 heterocycles. The smallest absolute Gasteiger partial charge is 0.0541 e. The first-order chi connectivity index (χ1) is 6.13. The Morgan fingerprint density at radius 2 is 1.46 bits per heavy atom. The van der Waals surface area contributed by atoms with Gasteiger partial charge in [-0.1, -0.05) is 0 Å². The molecule has 0 aromatic rings. The highest BCUT2D eigenvalue weighted by molar-refractivity contribution is 4.98. The van der Waals surface area contributed by atoms with Gasteiger partial charge >= 0.3 is 0 Å². The van der Waals surface area contributed by atoms with Crippen LogP contribution in [-0.2, 0) is 9.47 Å². The molecule has 0 saturated heterocycles. The van der Waals surface area contributed by atoms with Crippen molar-refractivity contribution in [1.82, 2.24) is 0 Å². The van der Waals surface area contributed by atoms with E-state index in [1.165, 1.54) is 0 Å². The van der Waals surface area contributed by atoms with E-state index in [0.29, 0.717) is 13.2 Å². The molecule has 0 aliphatic heterocycles. The Morgan fingerprint density at radius 3 is 1.77 bits per heavy atom. The number of hydrogen-bond acceptors (Lipinski definition) is 4. The molecule has 0 radical (unpaired) electrons. The van der Waals surface area contributed by atoms with Crippen LogP contribution < -0.4 is 11.5 Å². The van der Waals surface area contributed by atoms with Crippen molar-refractivity contribution >= 4 is 0 Å².